The van der Waals surface area contributed by atoms with Gasteiger partial charge in [-0.25, -0.2) is 4.79 Å². The smallest absolute Gasteiger partial charge is 0.331 e. The Kier molecular flexibility index (Phi) is 8.95. The van der Waals surface area contributed by atoms with E-state index in [2.05, 4.69) is 13.8 Å². The van der Waals surface area contributed by atoms with Crippen molar-refractivity contribution in [1.29, 1.82) is 0 Å². The summed E-state index contributed by atoms with van der Waals surface area (Å²) < 4.78 is 0. The lowest BCUT2D eigenvalue weighted by Crippen LogP contribution is -2.44. The molecule has 1 aliphatic rings. The van der Waals surface area contributed by atoms with Crippen molar-refractivity contribution in [3.63, 3.8) is 0 Å². The summed E-state index contributed by atoms with van der Waals surface area (Å²) in [7, 11) is 0. The molecular weight excluding hydrogens is 316 g/mol. The second-order valence-corrected chi connectivity index (χ2v) is 7.23. The van der Waals surface area contributed by atoms with Crippen LogP contribution in [0, 0.1) is 17.3 Å². The molecule has 25 heavy (non-hydrogen) atoms. The van der Waals surface area contributed by atoms with Crippen LogP contribution in [0.1, 0.15) is 78.6 Å². The summed E-state index contributed by atoms with van der Waals surface area (Å²) >= 11 is 0. The molecule has 0 aromatic carbocycles. The monoisotopic (exact) mass is 350 g/mol. The van der Waals surface area contributed by atoms with Crippen LogP contribution in [0.5, 0.6) is 0 Å². The van der Waals surface area contributed by atoms with Crippen LogP contribution in [0.3, 0.4) is 0 Å². The molecule has 3 atom stereocenters. The first-order valence-corrected chi connectivity index (χ1v) is 9.80. The van der Waals surface area contributed by atoms with Crippen LogP contribution in [-0.4, -0.2) is 22.2 Å². The Hall–Kier alpha value is -1.58. The first-order chi connectivity index (χ1) is 11.9. The van der Waals surface area contributed by atoms with Crippen molar-refractivity contribution in [3.8, 4) is 0 Å². The van der Waals surface area contributed by atoms with E-state index < -0.39 is 23.3 Å². The van der Waals surface area contributed by atoms with Crippen molar-refractivity contribution >= 4 is 11.9 Å². The van der Waals surface area contributed by atoms with E-state index in [0.29, 0.717) is 6.42 Å². The van der Waals surface area contributed by atoms with Gasteiger partial charge < -0.3 is 10.2 Å². The maximum atomic E-state index is 12.3. The Bertz CT molecular complexity index is 506. The molecule has 4 heteroatoms. The normalized spacial score (nSPS) is 24.0. The Balaban J connectivity index is 3.16. The summed E-state index contributed by atoms with van der Waals surface area (Å²) in [6.45, 7) is 6.25. The third kappa shape index (κ3) is 5.20. The molecule has 0 aromatic rings. The first-order valence-electron chi connectivity index (χ1n) is 9.80. The first kappa shape index (κ1) is 21.5. The van der Waals surface area contributed by atoms with Crippen LogP contribution in [0.15, 0.2) is 23.8 Å². The topological polar surface area (TPSA) is 74.6 Å². The standard InChI is InChI=1S/C21H34O4/c1-4-7-8-9-10-14-21(20(24)25)15-11-13-17(19(22)23)18(21)16(6-3)12-5-2/h11,13,15-16,18H,4-10,12,14H2,1-3H3,(H,22,23)(H,24,25). The predicted octanol–water partition coefficient (Wildman–Crippen LogP) is 5.44. The minimum atomic E-state index is -1.09. The fraction of sp³-hybridized carbons (Fsp3) is 0.714. The lowest BCUT2D eigenvalue weighted by atomic mass is 9.60. The number of unbranched alkanes of at least 4 members (excludes halogenated alkanes) is 4. The van der Waals surface area contributed by atoms with Crippen molar-refractivity contribution in [2.45, 2.75) is 78.6 Å². The summed E-state index contributed by atoms with van der Waals surface area (Å²) in [4.78, 5) is 24.1. The Morgan fingerprint density at radius 2 is 1.76 bits per heavy atom. The van der Waals surface area contributed by atoms with E-state index in [0.717, 1.165) is 51.4 Å². The van der Waals surface area contributed by atoms with Gasteiger partial charge in [-0.3, -0.25) is 4.79 Å². The molecule has 0 bridgehead atoms. The Morgan fingerprint density at radius 1 is 1.08 bits per heavy atom. The zero-order valence-electron chi connectivity index (χ0n) is 16.0. The molecule has 0 aromatic heterocycles. The number of allylic oxidation sites excluding steroid dienone is 2. The van der Waals surface area contributed by atoms with Crippen LogP contribution in [0.4, 0.5) is 0 Å². The molecule has 3 unspecified atom stereocenters. The van der Waals surface area contributed by atoms with Gasteiger partial charge in [0, 0.05) is 11.5 Å². The summed E-state index contributed by atoms with van der Waals surface area (Å²) in [6.07, 6.45) is 13.3. The maximum absolute atomic E-state index is 12.3. The van der Waals surface area contributed by atoms with E-state index in [1.165, 1.54) is 0 Å². The molecule has 1 rings (SSSR count). The van der Waals surface area contributed by atoms with Crippen molar-refractivity contribution in [2.24, 2.45) is 17.3 Å². The summed E-state index contributed by atoms with van der Waals surface area (Å²) in [5.74, 6) is -2.25. The van der Waals surface area contributed by atoms with Gasteiger partial charge in [0.2, 0.25) is 0 Å². The SMILES string of the molecule is CCCCCCCC1(C(=O)O)C=CC=C(C(=O)O)C1C(CC)CCC. The van der Waals surface area contributed by atoms with Gasteiger partial charge in [0.05, 0.1) is 5.41 Å². The molecule has 0 fully saturated rings. The largest absolute Gasteiger partial charge is 0.481 e. The van der Waals surface area contributed by atoms with Gasteiger partial charge >= 0.3 is 11.9 Å². The minimum Gasteiger partial charge on any atom is -0.481 e. The van der Waals surface area contributed by atoms with Crippen molar-refractivity contribution in [3.05, 3.63) is 23.8 Å². The van der Waals surface area contributed by atoms with Crippen LogP contribution < -0.4 is 0 Å². The van der Waals surface area contributed by atoms with Gasteiger partial charge in [-0.15, -0.1) is 0 Å². The number of carboxylic acids is 2. The number of hydrogen-bond acceptors (Lipinski definition) is 2. The van der Waals surface area contributed by atoms with Crippen molar-refractivity contribution in [2.75, 3.05) is 0 Å². The van der Waals surface area contributed by atoms with E-state index in [1.54, 1.807) is 18.2 Å². The van der Waals surface area contributed by atoms with Crippen LogP contribution in [0.25, 0.3) is 0 Å². The highest BCUT2D eigenvalue weighted by molar-refractivity contribution is 5.91. The molecule has 142 valence electrons. The lowest BCUT2D eigenvalue weighted by molar-refractivity contribution is -0.151. The van der Waals surface area contributed by atoms with E-state index in [1.807, 2.05) is 6.92 Å². The van der Waals surface area contributed by atoms with Gasteiger partial charge in [-0.1, -0.05) is 90.4 Å². The minimum absolute atomic E-state index is 0.0732. The number of carboxylic acid groups (broad SMARTS) is 2. The summed E-state index contributed by atoms with van der Waals surface area (Å²) in [5.41, 5.74) is -0.830. The number of aliphatic carboxylic acids is 2. The van der Waals surface area contributed by atoms with E-state index in [9.17, 15) is 19.8 Å². The van der Waals surface area contributed by atoms with Gasteiger partial charge in [0.25, 0.3) is 0 Å². The maximum Gasteiger partial charge on any atom is 0.331 e. The third-order valence-electron chi connectivity index (χ3n) is 5.55. The second-order valence-electron chi connectivity index (χ2n) is 7.23. The Labute approximate surface area is 152 Å². The number of rotatable bonds is 12. The van der Waals surface area contributed by atoms with Gasteiger partial charge in [0.1, 0.15) is 0 Å². The fourth-order valence-electron chi connectivity index (χ4n) is 4.24. The molecule has 2 N–H and O–H groups in total. The molecule has 0 radical (unpaired) electrons. The average Bonchev–Trinajstić information content (AvgIpc) is 2.59. The summed E-state index contributed by atoms with van der Waals surface area (Å²) in [5, 5.41) is 19.8. The zero-order valence-corrected chi connectivity index (χ0v) is 16.0. The molecule has 0 aliphatic heterocycles. The Morgan fingerprint density at radius 3 is 2.28 bits per heavy atom. The van der Waals surface area contributed by atoms with Crippen LogP contribution >= 0.6 is 0 Å². The molecule has 0 amide bonds. The van der Waals surface area contributed by atoms with E-state index in [4.69, 9.17) is 0 Å². The quantitative estimate of drug-likeness (QED) is 0.459. The second kappa shape index (κ2) is 10.4. The highest BCUT2D eigenvalue weighted by atomic mass is 16.4. The van der Waals surface area contributed by atoms with Gasteiger partial charge in [0.15, 0.2) is 0 Å². The molecule has 0 heterocycles. The molecule has 0 saturated heterocycles. The van der Waals surface area contributed by atoms with E-state index in [-0.39, 0.29) is 11.5 Å². The van der Waals surface area contributed by atoms with Crippen molar-refractivity contribution in [1.82, 2.24) is 0 Å². The highest BCUT2D eigenvalue weighted by Gasteiger charge is 2.50. The lowest BCUT2D eigenvalue weighted by Gasteiger charge is -2.41. The van der Waals surface area contributed by atoms with Crippen LogP contribution in [-0.2, 0) is 9.59 Å². The number of carbonyl (C=O) groups is 2. The van der Waals surface area contributed by atoms with Crippen LogP contribution in [0.2, 0.25) is 0 Å². The predicted molar refractivity (Wildman–Crippen MR) is 100 cm³/mol. The molecule has 0 saturated carbocycles. The molecule has 0 spiro atoms. The van der Waals surface area contributed by atoms with E-state index >= 15 is 0 Å². The molecular formula is C21H34O4. The highest BCUT2D eigenvalue weighted by Crippen LogP contribution is 2.48. The summed E-state index contributed by atoms with van der Waals surface area (Å²) in [6, 6.07) is 0. The number of hydrogen-bond donors (Lipinski definition) is 2. The third-order valence-corrected chi connectivity index (χ3v) is 5.55. The zero-order chi connectivity index (χ0) is 18.9. The van der Waals surface area contributed by atoms with Crippen molar-refractivity contribution < 1.29 is 19.8 Å². The van der Waals surface area contributed by atoms with Gasteiger partial charge in [-0.2, -0.15) is 0 Å². The van der Waals surface area contributed by atoms with Gasteiger partial charge in [-0.05, 0) is 12.3 Å². The fourth-order valence-corrected chi connectivity index (χ4v) is 4.24. The average molecular weight is 350 g/mol. The molecule has 4 nitrogen and oxygen atoms in total. The molecule has 1 aliphatic carbocycles.